The van der Waals surface area contributed by atoms with Crippen molar-refractivity contribution in [2.75, 3.05) is 6.54 Å². The minimum absolute atomic E-state index is 0.246. The number of carbonyl (C=O) groups is 2. The maximum absolute atomic E-state index is 12.2. The molecule has 2 N–H and O–H groups in total. The smallest absolute Gasteiger partial charge is 0.261 e. The Hall–Kier alpha value is -2.17. The number of imide groups is 1. The Bertz CT molecular complexity index is 693. The second kappa shape index (κ2) is 5.91. The molecule has 4 nitrogen and oxygen atoms in total. The van der Waals surface area contributed by atoms with Gasteiger partial charge in [-0.25, -0.2) is 0 Å². The van der Waals surface area contributed by atoms with Crippen molar-refractivity contribution in [3.05, 3.63) is 70.2 Å². The van der Waals surface area contributed by atoms with Gasteiger partial charge in [0.2, 0.25) is 0 Å². The summed E-state index contributed by atoms with van der Waals surface area (Å²) in [4.78, 5) is 25.8. The predicted molar refractivity (Wildman–Crippen MR) is 84.8 cm³/mol. The van der Waals surface area contributed by atoms with Crippen LogP contribution >= 0.6 is 11.6 Å². The van der Waals surface area contributed by atoms with E-state index in [-0.39, 0.29) is 17.9 Å². The third-order valence-corrected chi connectivity index (χ3v) is 4.09. The molecule has 3 rings (SSSR count). The first-order chi connectivity index (χ1) is 10.6. The minimum Gasteiger partial charge on any atom is -0.324 e. The maximum atomic E-state index is 12.2. The largest absolute Gasteiger partial charge is 0.324 e. The standard InChI is InChI=1S/C17H15ClN2O2/c18-12-7-5-11(6-8-12)15(19)9-10-20-16(21)13-3-1-2-4-14(13)17(20)22/h1-8,15H,9-10,19H2/t15-/m0/s1. The van der Waals surface area contributed by atoms with E-state index in [1.165, 1.54) is 4.90 Å². The van der Waals surface area contributed by atoms with E-state index in [0.29, 0.717) is 29.1 Å². The van der Waals surface area contributed by atoms with Gasteiger partial charge < -0.3 is 5.73 Å². The van der Waals surface area contributed by atoms with Gasteiger partial charge in [0.05, 0.1) is 11.1 Å². The fourth-order valence-electron chi connectivity index (χ4n) is 2.59. The summed E-state index contributed by atoms with van der Waals surface area (Å²) in [6, 6.07) is 13.9. The molecule has 1 atom stereocenters. The van der Waals surface area contributed by atoms with Gasteiger partial charge in [-0.05, 0) is 36.2 Å². The number of hydrogen-bond acceptors (Lipinski definition) is 3. The number of carbonyl (C=O) groups excluding carboxylic acids is 2. The lowest BCUT2D eigenvalue weighted by molar-refractivity contribution is 0.0650. The molecule has 0 unspecified atom stereocenters. The van der Waals surface area contributed by atoms with E-state index in [1.807, 2.05) is 12.1 Å². The molecule has 22 heavy (non-hydrogen) atoms. The summed E-state index contributed by atoms with van der Waals surface area (Å²) in [6.45, 7) is 0.302. The van der Waals surface area contributed by atoms with Crippen LogP contribution in [0.2, 0.25) is 5.02 Å². The highest BCUT2D eigenvalue weighted by atomic mass is 35.5. The molecule has 0 fully saturated rings. The third-order valence-electron chi connectivity index (χ3n) is 3.84. The SMILES string of the molecule is N[C@@H](CCN1C(=O)c2ccccc2C1=O)c1ccc(Cl)cc1. The molecule has 0 saturated heterocycles. The number of nitrogens with two attached hydrogens (primary N) is 1. The zero-order valence-corrected chi connectivity index (χ0v) is 12.6. The maximum Gasteiger partial charge on any atom is 0.261 e. The molecule has 0 spiro atoms. The number of benzene rings is 2. The van der Waals surface area contributed by atoms with E-state index in [4.69, 9.17) is 17.3 Å². The molecule has 1 aliphatic heterocycles. The zero-order chi connectivity index (χ0) is 15.7. The van der Waals surface area contributed by atoms with Crippen LogP contribution in [0, 0.1) is 0 Å². The summed E-state index contributed by atoms with van der Waals surface area (Å²) in [5, 5.41) is 0.649. The normalized spacial score (nSPS) is 15.1. The first-order valence-electron chi connectivity index (χ1n) is 7.04. The van der Waals surface area contributed by atoms with Crippen LogP contribution in [0.1, 0.15) is 38.7 Å². The summed E-state index contributed by atoms with van der Waals surface area (Å²) in [7, 11) is 0. The number of fused-ring (bicyclic) bond motifs is 1. The predicted octanol–water partition coefficient (Wildman–Crippen LogP) is 3.03. The number of hydrogen-bond donors (Lipinski definition) is 1. The molecule has 0 aromatic heterocycles. The molecule has 2 amide bonds. The first kappa shape index (κ1) is 14.8. The summed E-state index contributed by atoms with van der Waals surface area (Å²) < 4.78 is 0. The Morgan fingerprint density at radius 2 is 1.50 bits per heavy atom. The highest BCUT2D eigenvalue weighted by molar-refractivity contribution is 6.30. The molecule has 0 saturated carbocycles. The molecule has 1 aliphatic rings. The molecule has 2 aromatic carbocycles. The van der Waals surface area contributed by atoms with Gasteiger partial charge in [-0.1, -0.05) is 35.9 Å². The molecule has 1 heterocycles. The Morgan fingerprint density at radius 1 is 0.955 bits per heavy atom. The molecule has 0 bridgehead atoms. The average Bonchev–Trinajstić information content (AvgIpc) is 2.78. The monoisotopic (exact) mass is 314 g/mol. The number of amides is 2. The Balaban J connectivity index is 1.69. The van der Waals surface area contributed by atoms with Crippen LogP contribution in [0.25, 0.3) is 0 Å². The van der Waals surface area contributed by atoms with Crippen molar-refractivity contribution >= 4 is 23.4 Å². The van der Waals surface area contributed by atoms with E-state index >= 15 is 0 Å². The second-order valence-corrected chi connectivity index (χ2v) is 5.69. The molecular weight excluding hydrogens is 300 g/mol. The highest BCUT2D eigenvalue weighted by Gasteiger charge is 2.34. The van der Waals surface area contributed by atoms with Gasteiger partial charge >= 0.3 is 0 Å². The van der Waals surface area contributed by atoms with Gasteiger partial charge in [0, 0.05) is 17.6 Å². The van der Waals surface area contributed by atoms with E-state index in [9.17, 15) is 9.59 Å². The van der Waals surface area contributed by atoms with Crippen molar-refractivity contribution in [2.45, 2.75) is 12.5 Å². The van der Waals surface area contributed by atoms with Crippen LogP contribution in [0.3, 0.4) is 0 Å². The molecule has 0 radical (unpaired) electrons. The Morgan fingerprint density at radius 3 is 2.05 bits per heavy atom. The number of halogens is 1. The summed E-state index contributed by atoms with van der Waals surface area (Å²) in [5.41, 5.74) is 7.99. The van der Waals surface area contributed by atoms with Crippen molar-refractivity contribution in [3.8, 4) is 0 Å². The van der Waals surface area contributed by atoms with E-state index in [2.05, 4.69) is 0 Å². The van der Waals surface area contributed by atoms with Crippen LogP contribution in [0.5, 0.6) is 0 Å². The van der Waals surface area contributed by atoms with Crippen LogP contribution in [0.15, 0.2) is 48.5 Å². The number of rotatable bonds is 4. The van der Waals surface area contributed by atoms with Gasteiger partial charge in [-0.3, -0.25) is 14.5 Å². The Labute approximate surface area is 133 Å². The lowest BCUT2D eigenvalue weighted by Crippen LogP contribution is -2.32. The Kier molecular flexibility index (Phi) is 3.96. The summed E-state index contributed by atoms with van der Waals surface area (Å²) >= 11 is 5.85. The van der Waals surface area contributed by atoms with Crippen LogP contribution in [-0.2, 0) is 0 Å². The van der Waals surface area contributed by atoms with Gasteiger partial charge in [-0.15, -0.1) is 0 Å². The molecule has 0 aliphatic carbocycles. The van der Waals surface area contributed by atoms with Crippen molar-refractivity contribution < 1.29 is 9.59 Å². The van der Waals surface area contributed by atoms with Crippen molar-refractivity contribution in [2.24, 2.45) is 5.73 Å². The van der Waals surface area contributed by atoms with Crippen LogP contribution in [-0.4, -0.2) is 23.3 Å². The summed E-state index contributed by atoms with van der Waals surface area (Å²) in [5.74, 6) is -0.493. The van der Waals surface area contributed by atoms with E-state index in [0.717, 1.165) is 5.56 Å². The molecular formula is C17H15ClN2O2. The van der Waals surface area contributed by atoms with E-state index < -0.39 is 0 Å². The molecule has 5 heteroatoms. The molecule has 112 valence electrons. The molecule has 2 aromatic rings. The minimum atomic E-state index is -0.249. The van der Waals surface area contributed by atoms with Crippen LogP contribution < -0.4 is 5.73 Å². The second-order valence-electron chi connectivity index (χ2n) is 5.25. The van der Waals surface area contributed by atoms with Gasteiger partial charge in [-0.2, -0.15) is 0 Å². The van der Waals surface area contributed by atoms with Crippen molar-refractivity contribution in [3.63, 3.8) is 0 Å². The number of nitrogens with zero attached hydrogens (tertiary/aromatic N) is 1. The first-order valence-corrected chi connectivity index (χ1v) is 7.42. The van der Waals surface area contributed by atoms with Crippen molar-refractivity contribution in [1.29, 1.82) is 0 Å². The van der Waals surface area contributed by atoms with Crippen molar-refractivity contribution in [1.82, 2.24) is 4.90 Å². The summed E-state index contributed by atoms with van der Waals surface area (Å²) in [6.07, 6.45) is 0.507. The fourth-order valence-corrected chi connectivity index (χ4v) is 2.71. The third kappa shape index (κ3) is 2.63. The van der Waals surface area contributed by atoms with Gasteiger partial charge in [0.15, 0.2) is 0 Å². The quantitative estimate of drug-likeness (QED) is 0.882. The lowest BCUT2D eigenvalue weighted by Gasteiger charge is -2.17. The average molecular weight is 315 g/mol. The lowest BCUT2D eigenvalue weighted by atomic mass is 10.0. The van der Waals surface area contributed by atoms with Crippen LogP contribution in [0.4, 0.5) is 0 Å². The van der Waals surface area contributed by atoms with E-state index in [1.54, 1.807) is 36.4 Å². The van der Waals surface area contributed by atoms with Gasteiger partial charge in [0.25, 0.3) is 11.8 Å². The topological polar surface area (TPSA) is 63.4 Å². The van der Waals surface area contributed by atoms with Gasteiger partial charge in [0.1, 0.15) is 0 Å². The zero-order valence-electron chi connectivity index (χ0n) is 11.8. The fraction of sp³-hybridized carbons (Fsp3) is 0.176. The highest BCUT2D eigenvalue weighted by Crippen LogP contribution is 2.24.